The summed E-state index contributed by atoms with van der Waals surface area (Å²) in [7, 11) is 0. The minimum Gasteiger partial charge on any atom is -0.463 e. The van der Waals surface area contributed by atoms with Gasteiger partial charge in [0.1, 0.15) is 12.4 Å². The molecule has 1 fully saturated rings. The number of ether oxygens (including phenoxy) is 2. The first-order valence-corrected chi connectivity index (χ1v) is 9.06. The SMILES string of the molecule is CCOC(=O)C1=C(COC(=O)C2CC(=O)N(c3ccccc3F)C2)NC(=O)NC1. The van der Waals surface area contributed by atoms with E-state index in [1.165, 1.54) is 23.1 Å². The van der Waals surface area contributed by atoms with E-state index in [0.29, 0.717) is 0 Å². The van der Waals surface area contributed by atoms with Gasteiger partial charge in [0.25, 0.3) is 0 Å². The molecule has 10 heteroatoms. The van der Waals surface area contributed by atoms with Gasteiger partial charge in [0.2, 0.25) is 5.91 Å². The van der Waals surface area contributed by atoms with Gasteiger partial charge in [-0.15, -0.1) is 0 Å². The molecular weight excluding hydrogens is 385 g/mol. The van der Waals surface area contributed by atoms with E-state index >= 15 is 0 Å². The highest BCUT2D eigenvalue weighted by atomic mass is 19.1. The average molecular weight is 405 g/mol. The van der Waals surface area contributed by atoms with Crippen molar-refractivity contribution in [2.75, 3.05) is 31.2 Å². The molecule has 0 radical (unpaired) electrons. The number of anilines is 1. The van der Waals surface area contributed by atoms with Crippen LogP contribution in [0.25, 0.3) is 0 Å². The first kappa shape index (κ1) is 20.3. The molecule has 2 aliphatic rings. The van der Waals surface area contributed by atoms with Gasteiger partial charge < -0.3 is 25.0 Å². The highest BCUT2D eigenvalue weighted by Gasteiger charge is 2.37. The van der Waals surface area contributed by atoms with Crippen molar-refractivity contribution < 1.29 is 33.0 Å². The molecule has 2 aliphatic heterocycles. The number of carbonyl (C=O) groups excluding carboxylic acids is 4. The second-order valence-electron chi connectivity index (χ2n) is 6.45. The Kier molecular flexibility index (Phi) is 6.10. The predicted octanol–water partition coefficient (Wildman–Crippen LogP) is 0.852. The third-order valence-corrected chi connectivity index (χ3v) is 4.54. The largest absolute Gasteiger partial charge is 0.463 e. The lowest BCUT2D eigenvalue weighted by molar-refractivity contribution is -0.147. The normalized spacial score (nSPS) is 19.0. The van der Waals surface area contributed by atoms with Crippen molar-refractivity contribution >= 4 is 29.6 Å². The minimum atomic E-state index is -0.786. The van der Waals surface area contributed by atoms with Crippen LogP contribution in [-0.4, -0.2) is 50.2 Å². The molecule has 3 amide bonds. The number of rotatable bonds is 6. The average Bonchev–Trinajstić information content (AvgIpc) is 3.08. The molecule has 1 unspecified atom stereocenters. The molecule has 0 aromatic heterocycles. The molecule has 1 atom stereocenters. The fraction of sp³-hybridized carbons (Fsp3) is 0.368. The van der Waals surface area contributed by atoms with Gasteiger partial charge in [0.15, 0.2) is 0 Å². The summed E-state index contributed by atoms with van der Waals surface area (Å²) in [6, 6.07) is 5.26. The molecule has 3 rings (SSSR count). The van der Waals surface area contributed by atoms with Crippen LogP contribution in [0.15, 0.2) is 35.5 Å². The standard InChI is InChI=1S/C19H20FN3O6/c1-2-28-18(26)12-8-21-19(27)22-14(12)10-29-17(25)11-7-16(24)23(9-11)15-6-4-3-5-13(15)20/h3-6,11H,2,7-10H2,1H3,(H2,21,22,27). The lowest BCUT2D eigenvalue weighted by atomic mass is 10.1. The van der Waals surface area contributed by atoms with Crippen molar-refractivity contribution in [1.82, 2.24) is 10.6 Å². The first-order valence-electron chi connectivity index (χ1n) is 9.06. The van der Waals surface area contributed by atoms with Crippen molar-refractivity contribution in [2.24, 2.45) is 5.92 Å². The van der Waals surface area contributed by atoms with Crippen LogP contribution in [0.5, 0.6) is 0 Å². The van der Waals surface area contributed by atoms with Crippen LogP contribution >= 0.6 is 0 Å². The summed E-state index contributed by atoms with van der Waals surface area (Å²) < 4.78 is 24.1. The summed E-state index contributed by atoms with van der Waals surface area (Å²) in [6.45, 7) is 1.37. The summed E-state index contributed by atoms with van der Waals surface area (Å²) >= 11 is 0. The third-order valence-electron chi connectivity index (χ3n) is 4.54. The Hall–Kier alpha value is -3.43. The molecule has 2 N–H and O–H groups in total. The van der Waals surface area contributed by atoms with Crippen molar-refractivity contribution in [1.29, 1.82) is 0 Å². The Morgan fingerprint density at radius 3 is 2.72 bits per heavy atom. The summed E-state index contributed by atoms with van der Waals surface area (Å²) in [6.07, 6.45) is -0.120. The van der Waals surface area contributed by atoms with Crippen LogP contribution < -0.4 is 15.5 Å². The highest BCUT2D eigenvalue weighted by Crippen LogP contribution is 2.28. The van der Waals surface area contributed by atoms with Crippen molar-refractivity contribution in [3.8, 4) is 0 Å². The summed E-state index contributed by atoms with van der Waals surface area (Å²) in [5.41, 5.74) is 0.372. The van der Waals surface area contributed by atoms with Gasteiger partial charge in [-0.2, -0.15) is 0 Å². The van der Waals surface area contributed by atoms with Gasteiger partial charge in [0, 0.05) is 13.0 Å². The van der Waals surface area contributed by atoms with E-state index in [4.69, 9.17) is 9.47 Å². The van der Waals surface area contributed by atoms with E-state index in [-0.39, 0.29) is 49.7 Å². The highest BCUT2D eigenvalue weighted by molar-refractivity contribution is 5.99. The number of nitrogens with zero attached hydrogens (tertiary/aromatic N) is 1. The molecular formula is C19H20FN3O6. The monoisotopic (exact) mass is 405 g/mol. The Bertz CT molecular complexity index is 884. The quantitative estimate of drug-likeness (QED) is 0.679. The van der Waals surface area contributed by atoms with Crippen LogP contribution in [0.3, 0.4) is 0 Å². The second kappa shape index (κ2) is 8.72. The number of benzene rings is 1. The van der Waals surface area contributed by atoms with Crippen molar-refractivity contribution in [3.05, 3.63) is 41.4 Å². The van der Waals surface area contributed by atoms with Gasteiger partial charge in [-0.25, -0.2) is 14.0 Å². The van der Waals surface area contributed by atoms with E-state index in [0.717, 1.165) is 0 Å². The molecule has 9 nitrogen and oxygen atoms in total. The number of esters is 2. The van der Waals surface area contributed by atoms with E-state index in [1.807, 2.05) is 0 Å². The smallest absolute Gasteiger partial charge is 0.337 e. The van der Waals surface area contributed by atoms with Crippen LogP contribution in [-0.2, 0) is 23.9 Å². The zero-order chi connectivity index (χ0) is 21.0. The number of amides is 3. The molecule has 0 spiro atoms. The Labute approximate surface area is 165 Å². The van der Waals surface area contributed by atoms with Gasteiger partial charge in [-0.05, 0) is 19.1 Å². The maximum Gasteiger partial charge on any atom is 0.337 e. The lowest BCUT2D eigenvalue weighted by Gasteiger charge is -2.21. The summed E-state index contributed by atoms with van der Waals surface area (Å²) in [4.78, 5) is 49.4. The predicted molar refractivity (Wildman–Crippen MR) is 98.0 cm³/mol. The molecule has 0 saturated carbocycles. The van der Waals surface area contributed by atoms with Gasteiger partial charge >= 0.3 is 18.0 Å². The minimum absolute atomic E-state index is 0.0176. The fourth-order valence-corrected chi connectivity index (χ4v) is 3.10. The van der Waals surface area contributed by atoms with Crippen molar-refractivity contribution in [2.45, 2.75) is 13.3 Å². The first-order chi connectivity index (χ1) is 13.9. The summed E-state index contributed by atoms with van der Waals surface area (Å²) in [5, 5.41) is 4.87. The van der Waals surface area contributed by atoms with Crippen LogP contribution in [0, 0.1) is 11.7 Å². The van der Waals surface area contributed by atoms with E-state index < -0.39 is 35.6 Å². The zero-order valence-electron chi connectivity index (χ0n) is 15.7. The fourth-order valence-electron chi connectivity index (χ4n) is 3.10. The maximum absolute atomic E-state index is 13.9. The molecule has 154 valence electrons. The number of nitrogens with one attached hydrogen (secondary N) is 2. The Morgan fingerprint density at radius 2 is 2.00 bits per heavy atom. The van der Waals surface area contributed by atoms with E-state index in [1.54, 1.807) is 13.0 Å². The van der Waals surface area contributed by atoms with Crippen molar-refractivity contribution in [3.63, 3.8) is 0 Å². The van der Waals surface area contributed by atoms with Gasteiger partial charge in [-0.3, -0.25) is 9.59 Å². The molecule has 1 aromatic carbocycles. The number of hydrogen-bond donors (Lipinski definition) is 2. The molecule has 1 saturated heterocycles. The van der Waals surface area contributed by atoms with E-state index in [9.17, 15) is 23.6 Å². The Morgan fingerprint density at radius 1 is 1.24 bits per heavy atom. The second-order valence-corrected chi connectivity index (χ2v) is 6.45. The van der Waals surface area contributed by atoms with Gasteiger partial charge in [0.05, 0.1) is 36.0 Å². The maximum atomic E-state index is 13.9. The number of hydrogen-bond acceptors (Lipinski definition) is 6. The number of para-hydroxylation sites is 1. The number of halogens is 1. The zero-order valence-corrected chi connectivity index (χ0v) is 15.7. The molecule has 2 heterocycles. The third kappa shape index (κ3) is 4.53. The molecule has 29 heavy (non-hydrogen) atoms. The van der Waals surface area contributed by atoms with Gasteiger partial charge in [-0.1, -0.05) is 12.1 Å². The molecule has 0 bridgehead atoms. The number of urea groups is 1. The lowest BCUT2D eigenvalue weighted by Crippen LogP contribution is -2.45. The number of carbonyl (C=O) groups is 4. The topological polar surface area (TPSA) is 114 Å². The molecule has 0 aliphatic carbocycles. The van der Waals surface area contributed by atoms with Crippen LogP contribution in [0.2, 0.25) is 0 Å². The van der Waals surface area contributed by atoms with E-state index in [2.05, 4.69) is 10.6 Å². The van der Waals surface area contributed by atoms with Crippen LogP contribution in [0.4, 0.5) is 14.9 Å². The molecule has 1 aromatic rings. The van der Waals surface area contributed by atoms with Crippen LogP contribution in [0.1, 0.15) is 13.3 Å². The Balaban J connectivity index is 1.66. The summed E-state index contributed by atoms with van der Waals surface area (Å²) in [5.74, 6) is -3.05.